The van der Waals surface area contributed by atoms with Crippen molar-refractivity contribution in [3.8, 4) is 0 Å². The Bertz CT molecular complexity index is 176. The van der Waals surface area contributed by atoms with E-state index in [4.69, 9.17) is 0 Å². The van der Waals surface area contributed by atoms with Gasteiger partial charge in [0.25, 0.3) is 0 Å². The minimum atomic E-state index is 0.243. The molecule has 0 saturated carbocycles. The van der Waals surface area contributed by atoms with Gasteiger partial charge in [-0.1, -0.05) is 65.7 Å². The maximum Gasteiger partial charge on any atom is 0.220 e. The average Bonchev–Trinajstić information content (AvgIpc) is 2.35. The molecule has 2 nitrogen and oxygen atoms in total. The average molecular weight is 241 g/mol. The zero-order chi connectivity index (χ0) is 12.9. The van der Waals surface area contributed by atoms with Crippen LogP contribution in [0, 0.1) is 5.92 Å². The van der Waals surface area contributed by atoms with Crippen LogP contribution in [0.4, 0.5) is 0 Å². The predicted octanol–water partition coefficient (Wildman–Crippen LogP) is 4.29. The minimum absolute atomic E-state index is 0.243. The van der Waals surface area contributed by atoms with Crippen LogP contribution >= 0.6 is 0 Å². The molecule has 1 N–H and O–H groups in total. The summed E-state index contributed by atoms with van der Waals surface area (Å²) < 4.78 is 0. The van der Waals surface area contributed by atoms with Gasteiger partial charge in [0.1, 0.15) is 0 Å². The summed E-state index contributed by atoms with van der Waals surface area (Å²) in [5, 5.41) is 3.05. The molecule has 0 unspecified atom stereocenters. The standard InChI is InChI=1S/C15H31NO/c1-4-7-8-9-10-11-12-15(17)16-13-14(5-2)6-3/h14H,4-13H2,1-3H3,(H,16,17). The number of hydrogen-bond acceptors (Lipinski definition) is 1. The van der Waals surface area contributed by atoms with Crippen LogP contribution < -0.4 is 5.32 Å². The molecular formula is C15H31NO. The Labute approximate surface area is 108 Å². The first-order chi connectivity index (χ1) is 8.24. The second-order valence-corrected chi connectivity index (χ2v) is 5.00. The lowest BCUT2D eigenvalue weighted by molar-refractivity contribution is -0.121. The fraction of sp³-hybridized carbons (Fsp3) is 0.933. The van der Waals surface area contributed by atoms with Gasteiger partial charge in [0.15, 0.2) is 0 Å². The Morgan fingerprint density at radius 3 is 2.12 bits per heavy atom. The first-order valence-corrected chi connectivity index (χ1v) is 7.51. The molecule has 2 heteroatoms. The molecule has 0 aromatic heterocycles. The van der Waals surface area contributed by atoms with Crippen molar-refractivity contribution in [3.05, 3.63) is 0 Å². The third-order valence-corrected chi connectivity index (χ3v) is 3.50. The van der Waals surface area contributed by atoms with E-state index >= 15 is 0 Å². The summed E-state index contributed by atoms with van der Waals surface area (Å²) in [6.07, 6.45) is 10.5. The van der Waals surface area contributed by atoms with Gasteiger partial charge in [-0.15, -0.1) is 0 Å². The van der Waals surface area contributed by atoms with Gasteiger partial charge in [0.05, 0.1) is 0 Å². The maximum atomic E-state index is 11.6. The van der Waals surface area contributed by atoms with Crippen LogP contribution in [-0.4, -0.2) is 12.5 Å². The van der Waals surface area contributed by atoms with Gasteiger partial charge in [0.2, 0.25) is 5.91 Å². The fourth-order valence-corrected chi connectivity index (χ4v) is 1.99. The van der Waals surface area contributed by atoms with Crippen LogP contribution in [0.1, 0.15) is 78.6 Å². The summed E-state index contributed by atoms with van der Waals surface area (Å²) in [5.74, 6) is 0.899. The molecule has 0 fully saturated rings. The van der Waals surface area contributed by atoms with Gasteiger partial charge in [-0.05, 0) is 12.3 Å². The Balaban J connectivity index is 3.34. The smallest absolute Gasteiger partial charge is 0.220 e. The number of rotatable bonds is 11. The zero-order valence-corrected chi connectivity index (χ0v) is 12.1. The lowest BCUT2D eigenvalue weighted by Crippen LogP contribution is -2.28. The highest BCUT2D eigenvalue weighted by atomic mass is 16.1. The molecule has 0 aromatic rings. The van der Waals surface area contributed by atoms with Crippen molar-refractivity contribution in [1.29, 1.82) is 0 Å². The summed E-state index contributed by atoms with van der Waals surface area (Å²) in [4.78, 5) is 11.6. The van der Waals surface area contributed by atoms with Crippen molar-refractivity contribution in [1.82, 2.24) is 5.32 Å². The predicted molar refractivity (Wildman–Crippen MR) is 75.1 cm³/mol. The van der Waals surface area contributed by atoms with Crippen molar-refractivity contribution in [2.45, 2.75) is 78.6 Å². The van der Waals surface area contributed by atoms with Crippen molar-refractivity contribution in [2.24, 2.45) is 5.92 Å². The van der Waals surface area contributed by atoms with Crippen LogP contribution in [0.2, 0.25) is 0 Å². The molecule has 0 aliphatic carbocycles. The highest BCUT2D eigenvalue weighted by molar-refractivity contribution is 5.75. The topological polar surface area (TPSA) is 29.1 Å². The SMILES string of the molecule is CCCCCCCCC(=O)NCC(CC)CC. The third kappa shape index (κ3) is 10.3. The second-order valence-electron chi connectivity index (χ2n) is 5.00. The monoisotopic (exact) mass is 241 g/mol. The van der Waals surface area contributed by atoms with E-state index in [0.717, 1.165) is 25.8 Å². The highest BCUT2D eigenvalue weighted by Gasteiger charge is 2.05. The Morgan fingerprint density at radius 2 is 1.53 bits per heavy atom. The molecule has 0 heterocycles. The molecule has 0 radical (unpaired) electrons. The lowest BCUT2D eigenvalue weighted by Gasteiger charge is -2.13. The largest absolute Gasteiger partial charge is 0.356 e. The molecule has 0 aliphatic rings. The Morgan fingerprint density at radius 1 is 0.941 bits per heavy atom. The van der Waals surface area contributed by atoms with Crippen molar-refractivity contribution in [2.75, 3.05) is 6.54 Å². The third-order valence-electron chi connectivity index (χ3n) is 3.50. The molecule has 0 rings (SSSR count). The van der Waals surface area contributed by atoms with Crippen LogP contribution in [-0.2, 0) is 4.79 Å². The summed E-state index contributed by atoms with van der Waals surface area (Å²) in [6.45, 7) is 7.47. The minimum Gasteiger partial charge on any atom is -0.356 e. The van der Waals surface area contributed by atoms with Crippen LogP contribution in [0.3, 0.4) is 0 Å². The number of amides is 1. The zero-order valence-electron chi connectivity index (χ0n) is 12.1. The summed E-state index contributed by atoms with van der Waals surface area (Å²) in [5.41, 5.74) is 0. The maximum absolute atomic E-state index is 11.6. The van der Waals surface area contributed by atoms with Gasteiger partial charge < -0.3 is 5.32 Å². The normalized spacial score (nSPS) is 10.8. The van der Waals surface area contributed by atoms with E-state index in [9.17, 15) is 4.79 Å². The molecule has 0 saturated heterocycles. The number of nitrogens with one attached hydrogen (secondary N) is 1. The van der Waals surface area contributed by atoms with Crippen molar-refractivity contribution >= 4 is 5.91 Å². The quantitative estimate of drug-likeness (QED) is 0.537. The highest BCUT2D eigenvalue weighted by Crippen LogP contribution is 2.08. The number of hydrogen-bond donors (Lipinski definition) is 1. The van der Waals surface area contributed by atoms with Crippen LogP contribution in [0.15, 0.2) is 0 Å². The van der Waals surface area contributed by atoms with Crippen molar-refractivity contribution in [3.63, 3.8) is 0 Å². The summed E-state index contributed by atoms with van der Waals surface area (Å²) in [7, 11) is 0. The van der Waals surface area contributed by atoms with Crippen LogP contribution in [0.25, 0.3) is 0 Å². The lowest BCUT2D eigenvalue weighted by atomic mass is 10.0. The molecule has 0 aliphatic heterocycles. The molecule has 0 atom stereocenters. The van der Waals surface area contributed by atoms with Gasteiger partial charge in [-0.2, -0.15) is 0 Å². The number of unbranched alkanes of at least 4 members (excludes halogenated alkanes) is 5. The van der Waals surface area contributed by atoms with E-state index in [1.165, 1.54) is 32.1 Å². The molecule has 1 amide bonds. The van der Waals surface area contributed by atoms with Crippen LogP contribution in [0.5, 0.6) is 0 Å². The van der Waals surface area contributed by atoms with E-state index in [2.05, 4.69) is 26.1 Å². The Kier molecular flexibility index (Phi) is 11.6. The van der Waals surface area contributed by atoms with Gasteiger partial charge in [-0.25, -0.2) is 0 Å². The van der Waals surface area contributed by atoms with Gasteiger partial charge >= 0.3 is 0 Å². The molecule has 0 spiro atoms. The van der Waals surface area contributed by atoms with E-state index in [0.29, 0.717) is 12.3 Å². The van der Waals surface area contributed by atoms with E-state index in [1.54, 1.807) is 0 Å². The molecule has 0 aromatic carbocycles. The second kappa shape index (κ2) is 11.9. The van der Waals surface area contributed by atoms with Crippen molar-refractivity contribution < 1.29 is 4.79 Å². The van der Waals surface area contributed by atoms with Gasteiger partial charge in [0, 0.05) is 13.0 Å². The molecule has 102 valence electrons. The fourth-order valence-electron chi connectivity index (χ4n) is 1.99. The molecular weight excluding hydrogens is 210 g/mol. The van der Waals surface area contributed by atoms with Gasteiger partial charge in [-0.3, -0.25) is 4.79 Å². The Hall–Kier alpha value is -0.530. The number of carbonyl (C=O) groups excluding carboxylic acids is 1. The number of carbonyl (C=O) groups is 1. The first kappa shape index (κ1) is 16.5. The first-order valence-electron chi connectivity index (χ1n) is 7.51. The summed E-state index contributed by atoms with van der Waals surface area (Å²) >= 11 is 0. The van der Waals surface area contributed by atoms with E-state index in [-0.39, 0.29) is 5.91 Å². The molecule has 17 heavy (non-hydrogen) atoms. The van der Waals surface area contributed by atoms with E-state index < -0.39 is 0 Å². The van der Waals surface area contributed by atoms with E-state index in [1.807, 2.05) is 0 Å². The summed E-state index contributed by atoms with van der Waals surface area (Å²) in [6, 6.07) is 0. The molecule has 0 bridgehead atoms.